The fourth-order valence-electron chi connectivity index (χ4n) is 3.73. The first-order valence-electron chi connectivity index (χ1n) is 11.5. The van der Waals surface area contributed by atoms with Crippen LogP contribution in [-0.2, 0) is 49.9 Å². The van der Waals surface area contributed by atoms with Crippen LogP contribution in [0, 0.1) is 0 Å². The smallest absolute Gasteiger partial charge is 0.326 e. The highest BCUT2D eigenvalue weighted by molar-refractivity contribution is 7.89. The molecule has 38 heavy (non-hydrogen) atoms. The Balaban J connectivity index is 1.78. The standard InChI is InChI=1S/C24H31NO11S2/c1-24(2)35-21(19(26)15-34-37(4,28)29)22(36-24)20(23(27)32-3)25-38(30,31)18-12-10-17(11-13-18)33-14-16-8-6-5-7-9-16/h5-13,19-22,25-26H,14-15H2,1-4H3/t19-,20-,21-,22-/m1/s1. The van der Waals surface area contributed by atoms with Gasteiger partial charge in [0, 0.05) is 0 Å². The molecule has 2 aromatic carbocycles. The van der Waals surface area contributed by atoms with Gasteiger partial charge in [-0.1, -0.05) is 30.3 Å². The van der Waals surface area contributed by atoms with Gasteiger partial charge in [0.05, 0.1) is 24.9 Å². The highest BCUT2D eigenvalue weighted by atomic mass is 32.2. The monoisotopic (exact) mass is 573 g/mol. The Bertz CT molecular complexity index is 1300. The SMILES string of the molecule is COC(=O)[C@H](NS(=O)(=O)c1ccc(OCc2ccccc2)cc1)[C@H]1OC(C)(C)O[C@@H]1[C@H](O)COS(C)(=O)=O. The summed E-state index contributed by atoms with van der Waals surface area (Å²) in [5.41, 5.74) is 0.937. The molecule has 0 bridgehead atoms. The molecular weight excluding hydrogens is 542 g/mol. The lowest BCUT2D eigenvalue weighted by Crippen LogP contribution is -2.55. The van der Waals surface area contributed by atoms with Crippen LogP contribution in [0.25, 0.3) is 0 Å². The van der Waals surface area contributed by atoms with Gasteiger partial charge in [0.15, 0.2) is 5.79 Å². The molecule has 1 saturated heterocycles. The number of benzene rings is 2. The zero-order valence-corrected chi connectivity index (χ0v) is 22.9. The van der Waals surface area contributed by atoms with Crippen LogP contribution in [-0.4, -0.2) is 78.0 Å². The second kappa shape index (κ2) is 12.1. The maximum absolute atomic E-state index is 13.2. The largest absolute Gasteiger partial charge is 0.489 e. The maximum Gasteiger partial charge on any atom is 0.326 e. The third-order valence-corrected chi connectivity index (χ3v) is 7.47. The molecule has 2 aromatic rings. The Labute approximate surface area is 222 Å². The Morgan fingerprint density at radius 3 is 2.21 bits per heavy atom. The van der Waals surface area contributed by atoms with Crippen molar-refractivity contribution in [2.75, 3.05) is 20.0 Å². The van der Waals surface area contributed by atoms with E-state index in [0.29, 0.717) is 5.75 Å². The second-order valence-electron chi connectivity index (χ2n) is 8.99. The van der Waals surface area contributed by atoms with E-state index in [0.717, 1.165) is 18.9 Å². The molecular formula is C24H31NO11S2. The summed E-state index contributed by atoms with van der Waals surface area (Å²) in [5.74, 6) is -1.93. The summed E-state index contributed by atoms with van der Waals surface area (Å²) in [6.45, 7) is 2.56. The van der Waals surface area contributed by atoms with E-state index < -0.39 is 62.9 Å². The van der Waals surface area contributed by atoms with E-state index in [1.807, 2.05) is 30.3 Å². The van der Waals surface area contributed by atoms with Gasteiger partial charge >= 0.3 is 5.97 Å². The Kier molecular flexibility index (Phi) is 9.52. The number of hydrogen-bond donors (Lipinski definition) is 2. The predicted octanol–water partition coefficient (Wildman–Crippen LogP) is 0.943. The summed E-state index contributed by atoms with van der Waals surface area (Å²) in [6, 6.07) is 13.3. The summed E-state index contributed by atoms with van der Waals surface area (Å²) in [4.78, 5) is 12.5. The van der Waals surface area contributed by atoms with Crippen molar-refractivity contribution in [1.82, 2.24) is 4.72 Å². The van der Waals surface area contributed by atoms with Crippen molar-refractivity contribution >= 4 is 26.1 Å². The van der Waals surface area contributed by atoms with Gasteiger partial charge in [-0.15, -0.1) is 0 Å². The third-order valence-electron chi connectivity index (χ3n) is 5.44. The average Bonchev–Trinajstić information content (AvgIpc) is 3.19. The van der Waals surface area contributed by atoms with Gasteiger partial charge < -0.3 is 24.1 Å². The van der Waals surface area contributed by atoms with Crippen molar-refractivity contribution < 1.29 is 49.9 Å². The lowest BCUT2D eigenvalue weighted by Gasteiger charge is -2.27. The number of methoxy groups -OCH3 is 1. The summed E-state index contributed by atoms with van der Waals surface area (Å²) in [6.07, 6.45) is -3.52. The van der Waals surface area contributed by atoms with Gasteiger partial charge in [-0.05, 0) is 43.7 Å². The normalized spacial score (nSPS) is 21.0. The quantitative estimate of drug-likeness (QED) is 0.274. The highest BCUT2D eigenvalue weighted by Crippen LogP contribution is 2.33. The first kappa shape index (κ1) is 30.0. The zero-order chi connectivity index (χ0) is 28.1. The number of carbonyl (C=O) groups excluding carboxylic acids is 1. The van der Waals surface area contributed by atoms with Crippen molar-refractivity contribution in [2.45, 2.75) is 55.5 Å². The lowest BCUT2D eigenvalue weighted by molar-refractivity contribution is -0.161. The molecule has 12 nitrogen and oxygen atoms in total. The van der Waals surface area contributed by atoms with Crippen LogP contribution in [0.2, 0.25) is 0 Å². The Hall–Kier alpha value is -2.59. The number of rotatable bonds is 12. The molecule has 210 valence electrons. The molecule has 1 heterocycles. The van der Waals surface area contributed by atoms with Crippen molar-refractivity contribution in [3.8, 4) is 5.75 Å². The number of nitrogens with one attached hydrogen (secondary N) is 1. The summed E-state index contributed by atoms with van der Waals surface area (Å²) < 4.78 is 77.8. The highest BCUT2D eigenvalue weighted by Gasteiger charge is 2.52. The van der Waals surface area contributed by atoms with Crippen LogP contribution in [0.4, 0.5) is 0 Å². The van der Waals surface area contributed by atoms with E-state index in [1.165, 1.54) is 38.1 Å². The van der Waals surface area contributed by atoms with E-state index in [-0.39, 0.29) is 11.5 Å². The van der Waals surface area contributed by atoms with E-state index in [1.54, 1.807) is 0 Å². The minimum Gasteiger partial charge on any atom is -0.489 e. The number of sulfonamides is 1. The molecule has 14 heteroatoms. The molecule has 0 unspecified atom stereocenters. The molecule has 0 spiro atoms. The van der Waals surface area contributed by atoms with Gasteiger partial charge in [-0.3, -0.25) is 8.98 Å². The Morgan fingerprint density at radius 2 is 1.63 bits per heavy atom. The first-order chi connectivity index (χ1) is 17.7. The number of ether oxygens (including phenoxy) is 4. The lowest BCUT2D eigenvalue weighted by atomic mass is 10.0. The molecule has 1 fully saturated rings. The molecule has 1 aliphatic heterocycles. The summed E-state index contributed by atoms with van der Waals surface area (Å²) >= 11 is 0. The Morgan fingerprint density at radius 1 is 1.03 bits per heavy atom. The number of esters is 1. The van der Waals surface area contributed by atoms with E-state index in [2.05, 4.69) is 8.91 Å². The van der Waals surface area contributed by atoms with Gasteiger partial charge in [-0.25, -0.2) is 8.42 Å². The van der Waals surface area contributed by atoms with Crippen LogP contribution in [0.3, 0.4) is 0 Å². The average molecular weight is 574 g/mol. The molecule has 0 aromatic heterocycles. The number of aliphatic hydroxyl groups excluding tert-OH is 1. The molecule has 0 aliphatic carbocycles. The fraction of sp³-hybridized carbons (Fsp3) is 0.458. The molecule has 0 saturated carbocycles. The van der Waals surface area contributed by atoms with Crippen LogP contribution in [0.15, 0.2) is 59.5 Å². The van der Waals surface area contributed by atoms with Gasteiger partial charge in [0.1, 0.15) is 36.7 Å². The molecule has 2 N–H and O–H groups in total. The molecule has 3 rings (SSSR count). The second-order valence-corrected chi connectivity index (χ2v) is 12.3. The van der Waals surface area contributed by atoms with Gasteiger partial charge in [0.25, 0.3) is 10.1 Å². The van der Waals surface area contributed by atoms with Crippen LogP contribution in [0.1, 0.15) is 19.4 Å². The third kappa shape index (κ3) is 8.20. The summed E-state index contributed by atoms with van der Waals surface area (Å²) in [7, 11) is -7.15. The zero-order valence-electron chi connectivity index (χ0n) is 21.3. The van der Waals surface area contributed by atoms with E-state index in [9.17, 15) is 26.7 Å². The van der Waals surface area contributed by atoms with Gasteiger partial charge in [0.2, 0.25) is 10.0 Å². The summed E-state index contributed by atoms with van der Waals surface area (Å²) in [5, 5.41) is 10.6. The fourth-order valence-corrected chi connectivity index (χ4v) is 5.31. The van der Waals surface area contributed by atoms with Crippen molar-refractivity contribution in [3.05, 3.63) is 60.2 Å². The predicted molar refractivity (Wildman–Crippen MR) is 134 cm³/mol. The number of aliphatic hydroxyl groups is 1. The maximum atomic E-state index is 13.2. The van der Waals surface area contributed by atoms with Crippen LogP contribution >= 0.6 is 0 Å². The van der Waals surface area contributed by atoms with E-state index >= 15 is 0 Å². The van der Waals surface area contributed by atoms with Crippen molar-refractivity contribution in [2.24, 2.45) is 0 Å². The minimum absolute atomic E-state index is 0.172. The minimum atomic E-state index is -4.31. The van der Waals surface area contributed by atoms with Crippen molar-refractivity contribution in [1.29, 1.82) is 0 Å². The van der Waals surface area contributed by atoms with Crippen LogP contribution in [0.5, 0.6) is 5.75 Å². The van der Waals surface area contributed by atoms with E-state index in [4.69, 9.17) is 18.9 Å². The molecule has 4 atom stereocenters. The topological polar surface area (TPSA) is 164 Å². The first-order valence-corrected chi connectivity index (χ1v) is 14.8. The van der Waals surface area contributed by atoms with Crippen molar-refractivity contribution in [3.63, 3.8) is 0 Å². The number of hydrogen-bond acceptors (Lipinski definition) is 11. The molecule has 0 radical (unpaired) electrons. The molecule has 1 aliphatic rings. The number of carbonyl (C=O) groups is 1. The molecule has 0 amide bonds. The van der Waals surface area contributed by atoms with Gasteiger partial charge in [-0.2, -0.15) is 13.1 Å². The van der Waals surface area contributed by atoms with Crippen LogP contribution < -0.4 is 9.46 Å².